The highest BCUT2D eigenvalue weighted by Crippen LogP contribution is 2.38. The molecular weight excluding hydrogens is 663 g/mol. The first-order chi connectivity index (χ1) is 24.3. The Hall–Kier alpha value is -5.84. The Morgan fingerprint density at radius 3 is 2.26 bits per heavy atom. The van der Waals surface area contributed by atoms with E-state index in [1.807, 2.05) is 86.6 Å². The number of amides is 3. The molecule has 2 heterocycles. The topological polar surface area (TPSA) is 113 Å². The summed E-state index contributed by atoms with van der Waals surface area (Å²) < 4.78 is 0. The third-order valence-electron chi connectivity index (χ3n) is 7.56. The van der Waals surface area contributed by atoms with E-state index in [2.05, 4.69) is 20.9 Å². The van der Waals surface area contributed by atoms with Gasteiger partial charge in [0.05, 0.1) is 5.69 Å². The number of thiazole rings is 1. The molecule has 4 aromatic carbocycles. The minimum atomic E-state index is -0.611. The summed E-state index contributed by atoms with van der Waals surface area (Å²) in [6.45, 7) is 4.04. The molecule has 6 rings (SSSR count). The van der Waals surface area contributed by atoms with Crippen molar-refractivity contribution in [3.8, 4) is 11.3 Å². The normalized spacial score (nSPS) is 11.8. The number of carbonyl (C=O) groups excluding carboxylic acids is 3. The van der Waals surface area contributed by atoms with Crippen LogP contribution >= 0.6 is 23.1 Å². The highest BCUT2D eigenvalue weighted by molar-refractivity contribution is 8.00. The van der Waals surface area contributed by atoms with Gasteiger partial charge in [0.2, 0.25) is 5.91 Å². The van der Waals surface area contributed by atoms with Crippen LogP contribution in [0.2, 0.25) is 0 Å². The molecule has 0 aliphatic heterocycles. The van der Waals surface area contributed by atoms with E-state index in [0.717, 1.165) is 32.2 Å². The monoisotopic (exact) mass is 695 g/mol. The summed E-state index contributed by atoms with van der Waals surface area (Å²) in [5.74, 6) is -1.15. The number of rotatable bonds is 11. The molecule has 0 fully saturated rings. The Kier molecular flexibility index (Phi) is 10.9. The van der Waals surface area contributed by atoms with Gasteiger partial charge >= 0.3 is 0 Å². The number of hydrogen-bond donors (Lipinski definition) is 3. The number of nitrogens with zero attached hydrogens (tertiary/aromatic N) is 2. The summed E-state index contributed by atoms with van der Waals surface area (Å²) in [6, 6.07) is 37.2. The molecule has 0 radical (unpaired) electrons. The Labute approximate surface area is 298 Å². The second kappa shape index (κ2) is 16.0. The average Bonchev–Trinajstić information content (AvgIpc) is 3.51. The standard InChI is InChI=1S/C40H33N5O3S2/c1-26-18-20-29(21-19-26)35-27(2)49-40(44-35)45-39(48)36(30-12-5-3-6-13-30)50-33-17-9-16-32(24-33)42-38(47)34(23-28-11-10-22-41-25-28)43-37(46)31-14-7-4-8-15-31/h3-25,36H,1-2H3,(H,42,47)(H,43,46)(H,44,45,48)/b34-23-. The van der Waals surface area contributed by atoms with Crippen LogP contribution in [-0.4, -0.2) is 27.7 Å². The molecular formula is C40H33N5O3S2. The molecule has 0 spiro atoms. The number of thioether (sulfide) groups is 1. The van der Waals surface area contributed by atoms with E-state index >= 15 is 0 Å². The number of benzene rings is 4. The van der Waals surface area contributed by atoms with Crippen LogP contribution in [0.1, 0.15) is 37.2 Å². The maximum absolute atomic E-state index is 13.9. The lowest BCUT2D eigenvalue weighted by molar-refractivity contribution is -0.116. The van der Waals surface area contributed by atoms with E-state index in [-0.39, 0.29) is 11.6 Å². The average molecular weight is 696 g/mol. The molecule has 0 saturated heterocycles. The molecule has 248 valence electrons. The zero-order valence-electron chi connectivity index (χ0n) is 27.3. The van der Waals surface area contributed by atoms with Crippen LogP contribution in [0, 0.1) is 13.8 Å². The second-order valence-corrected chi connectivity index (χ2v) is 13.7. The lowest BCUT2D eigenvalue weighted by Crippen LogP contribution is -2.30. The Morgan fingerprint density at radius 2 is 1.54 bits per heavy atom. The van der Waals surface area contributed by atoms with Gasteiger partial charge in [-0.05, 0) is 67.4 Å². The van der Waals surface area contributed by atoms with Crippen molar-refractivity contribution in [2.45, 2.75) is 24.0 Å². The van der Waals surface area contributed by atoms with E-state index in [1.165, 1.54) is 23.1 Å². The third-order valence-corrected chi connectivity index (χ3v) is 9.70. The zero-order valence-corrected chi connectivity index (χ0v) is 28.9. The molecule has 0 aliphatic carbocycles. The van der Waals surface area contributed by atoms with E-state index in [1.54, 1.807) is 67.0 Å². The molecule has 50 heavy (non-hydrogen) atoms. The summed E-state index contributed by atoms with van der Waals surface area (Å²) in [4.78, 5) is 51.1. The Bertz CT molecular complexity index is 2140. The van der Waals surface area contributed by atoms with Crippen LogP contribution < -0.4 is 16.0 Å². The Balaban J connectivity index is 1.21. The third kappa shape index (κ3) is 8.79. The van der Waals surface area contributed by atoms with Gasteiger partial charge in [0.25, 0.3) is 11.8 Å². The SMILES string of the molecule is Cc1ccc(-c2nc(NC(=O)C(Sc3cccc(NC(=O)/C(=C/c4cccnc4)NC(=O)c4ccccc4)c3)c3ccccc3)sc2C)cc1. The second-order valence-electron chi connectivity index (χ2n) is 11.3. The van der Waals surface area contributed by atoms with Gasteiger partial charge in [0.15, 0.2) is 5.13 Å². The van der Waals surface area contributed by atoms with Gasteiger partial charge < -0.3 is 16.0 Å². The Morgan fingerprint density at radius 1 is 0.800 bits per heavy atom. The summed E-state index contributed by atoms with van der Waals surface area (Å²) in [7, 11) is 0. The molecule has 0 aliphatic rings. The highest BCUT2D eigenvalue weighted by atomic mass is 32.2. The van der Waals surface area contributed by atoms with Crippen LogP contribution in [0.15, 0.2) is 144 Å². The van der Waals surface area contributed by atoms with Gasteiger partial charge in [-0.25, -0.2) is 4.98 Å². The quantitative estimate of drug-likeness (QED) is 0.0924. The van der Waals surface area contributed by atoms with Crippen molar-refractivity contribution in [1.29, 1.82) is 0 Å². The number of aromatic nitrogens is 2. The van der Waals surface area contributed by atoms with Gasteiger partial charge in [0, 0.05) is 39.0 Å². The van der Waals surface area contributed by atoms with Crippen molar-refractivity contribution < 1.29 is 14.4 Å². The van der Waals surface area contributed by atoms with Crippen molar-refractivity contribution in [1.82, 2.24) is 15.3 Å². The van der Waals surface area contributed by atoms with Gasteiger partial charge in [0.1, 0.15) is 10.9 Å². The van der Waals surface area contributed by atoms with Crippen molar-refractivity contribution in [2.24, 2.45) is 0 Å². The van der Waals surface area contributed by atoms with Crippen LogP contribution in [0.25, 0.3) is 17.3 Å². The zero-order chi connectivity index (χ0) is 34.9. The molecule has 3 amide bonds. The summed E-state index contributed by atoms with van der Waals surface area (Å²) >= 11 is 2.80. The van der Waals surface area contributed by atoms with Gasteiger partial charge in [-0.2, -0.15) is 0 Å². The maximum Gasteiger partial charge on any atom is 0.272 e. The molecule has 10 heteroatoms. The lowest BCUT2D eigenvalue weighted by atomic mass is 10.1. The first-order valence-corrected chi connectivity index (χ1v) is 17.5. The number of anilines is 2. The predicted molar refractivity (Wildman–Crippen MR) is 202 cm³/mol. The molecule has 0 bridgehead atoms. The summed E-state index contributed by atoms with van der Waals surface area (Å²) in [5, 5.41) is 8.61. The molecule has 1 atom stereocenters. The minimum Gasteiger partial charge on any atom is -0.321 e. The van der Waals surface area contributed by atoms with Crippen molar-refractivity contribution in [3.05, 3.63) is 167 Å². The fourth-order valence-electron chi connectivity index (χ4n) is 5.05. The number of carbonyl (C=O) groups is 3. The molecule has 6 aromatic rings. The van der Waals surface area contributed by atoms with Crippen molar-refractivity contribution >= 4 is 57.7 Å². The molecule has 8 nitrogen and oxygen atoms in total. The largest absolute Gasteiger partial charge is 0.321 e. The predicted octanol–water partition coefficient (Wildman–Crippen LogP) is 8.70. The van der Waals surface area contributed by atoms with Crippen LogP contribution in [0.3, 0.4) is 0 Å². The van der Waals surface area contributed by atoms with Crippen molar-refractivity contribution in [2.75, 3.05) is 10.6 Å². The van der Waals surface area contributed by atoms with E-state index in [0.29, 0.717) is 21.9 Å². The van der Waals surface area contributed by atoms with Gasteiger partial charge in [-0.1, -0.05) is 90.5 Å². The highest BCUT2D eigenvalue weighted by Gasteiger charge is 2.24. The summed E-state index contributed by atoms with van der Waals surface area (Å²) in [6.07, 6.45) is 4.80. The number of hydrogen-bond acceptors (Lipinski definition) is 7. The fourth-order valence-corrected chi connectivity index (χ4v) is 6.98. The lowest BCUT2D eigenvalue weighted by Gasteiger charge is -2.17. The van der Waals surface area contributed by atoms with Gasteiger partial charge in [-0.15, -0.1) is 23.1 Å². The molecule has 2 aromatic heterocycles. The summed E-state index contributed by atoms with van der Waals surface area (Å²) in [5.41, 5.74) is 5.44. The smallest absolute Gasteiger partial charge is 0.272 e. The van der Waals surface area contributed by atoms with Crippen LogP contribution in [0.4, 0.5) is 10.8 Å². The van der Waals surface area contributed by atoms with E-state index in [9.17, 15) is 14.4 Å². The van der Waals surface area contributed by atoms with Crippen LogP contribution in [0.5, 0.6) is 0 Å². The fraction of sp³-hybridized carbons (Fsp3) is 0.0750. The number of nitrogens with one attached hydrogen (secondary N) is 3. The number of aryl methyl sites for hydroxylation is 2. The van der Waals surface area contributed by atoms with Crippen molar-refractivity contribution in [3.63, 3.8) is 0 Å². The first kappa shape index (κ1) is 34.0. The minimum absolute atomic E-state index is 0.0511. The van der Waals surface area contributed by atoms with Crippen LogP contribution in [-0.2, 0) is 9.59 Å². The molecule has 1 unspecified atom stereocenters. The maximum atomic E-state index is 13.9. The first-order valence-electron chi connectivity index (χ1n) is 15.8. The van der Waals surface area contributed by atoms with E-state index in [4.69, 9.17) is 4.98 Å². The number of pyridine rings is 1. The molecule has 0 saturated carbocycles. The van der Waals surface area contributed by atoms with Gasteiger partial charge in [-0.3, -0.25) is 19.4 Å². The molecule has 3 N–H and O–H groups in total. The van der Waals surface area contributed by atoms with E-state index < -0.39 is 17.1 Å².